The highest BCUT2D eigenvalue weighted by atomic mass is 35.5. The third-order valence-corrected chi connectivity index (χ3v) is 4.23. The van der Waals surface area contributed by atoms with Crippen molar-refractivity contribution in [3.63, 3.8) is 0 Å². The van der Waals surface area contributed by atoms with E-state index in [-0.39, 0.29) is 24.2 Å². The Labute approximate surface area is 124 Å². The van der Waals surface area contributed by atoms with Gasteiger partial charge in [-0.3, -0.25) is 14.5 Å². The molecule has 2 heterocycles. The summed E-state index contributed by atoms with van der Waals surface area (Å²) in [7, 11) is 0. The van der Waals surface area contributed by atoms with E-state index in [1.807, 2.05) is 30.3 Å². The van der Waals surface area contributed by atoms with Crippen LogP contribution in [0.15, 0.2) is 30.3 Å². The first-order valence-electron chi connectivity index (χ1n) is 6.81. The molecule has 0 bridgehead atoms. The smallest absolute Gasteiger partial charge is 0.236 e. The molecular weight excluding hydrogens is 276 g/mol. The number of likely N-dealkylation sites (tertiary alicyclic amines) is 1. The first-order chi connectivity index (χ1) is 9.21. The van der Waals surface area contributed by atoms with Crippen LogP contribution in [0.1, 0.15) is 24.8 Å². The number of hydrogen-bond donors (Lipinski definition) is 1. The molecule has 1 aromatic carbocycles. The van der Waals surface area contributed by atoms with Gasteiger partial charge in [-0.25, -0.2) is 0 Å². The maximum absolute atomic E-state index is 12.6. The molecule has 0 atom stereocenters. The highest BCUT2D eigenvalue weighted by Gasteiger charge is 2.51. The average molecular weight is 295 g/mol. The van der Waals surface area contributed by atoms with Crippen LogP contribution in [0.25, 0.3) is 0 Å². The Bertz CT molecular complexity index is 498. The summed E-state index contributed by atoms with van der Waals surface area (Å²) in [6, 6.07) is 9.70. The lowest BCUT2D eigenvalue weighted by molar-refractivity contribution is -0.142. The van der Waals surface area contributed by atoms with E-state index < -0.39 is 5.41 Å². The third-order valence-electron chi connectivity index (χ3n) is 4.23. The van der Waals surface area contributed by atoms with Crippen molar-refractivity contribution in [2.24, 2.45) is 5.41 Å². The molecular formula is C15H19ClN2O2. The average Bonchev–Trinajstić information content (AvgIpc) is 2.66. The van der Waals surface area contributed by atoms with Crippen molar-refractivity contribution in [3.8, 4) is 0 Å². The number of imide groups is 1. The van der Waals surface area contributed by atoms with E-state index >= 15 is 0 Å². The van der Waals surface area contributed by atoms with Gasteiger partial charge in [0.1, 0.15) is 0 Å². The summed E-state index contributed by atoms with van der Waals surface area (Å²) < 4.78 is 0. The van der Waals surface area contributed by atoms with Crippen LogP contribution in [0.2, 0.25) is 0 Å². The van der Waals surface area contributed by atoms with Crippen molar-refractivity contribution in [1.82, 2.24) is 10.2 Å². The van der Waals surface area contributed by atoms with Gasteiger partial charge in [-0.05, 0) is 31.5 Å². The minimum atomic E-state index is -0.420. The van der Waals surface area contributed by atoms with Crippen LogP contribution in [0.5, 0.6) is 0 Å². The van der Waals surface area contributed by atoms with E-state index in [4.69, 9.17) is 0 Å². The van der Waals surface area contributed by atoms with Gasteiger partial charge in [0.15, 0.2) is 0 Å². The Morgan fingerprint density at radius 2 is 1.75 bits per heavy atom. The molecule has 108 valence electrons. The summed E-state index contributed by atoms with van der Waals surface area (Å²) >= 11 is 0. The quantitative estimate of drug-likeness (QED) is 0.845. The number of rotatable bonds is 2. The maximum Gasteiger partial charge on any atom is 0.236 e. The molecule has 0 aliphatic carbocycles. The number of nitrogens with zero attached hydrogens (tertiary/aromatic N) is 1. The zero-order valence-corrected chi connectivity index (χ0v) is 12.1. The lowest BCUT2D eigenvalue weighted by Gasteiger charge is -2.31. The second-order valence-electron chi connectivity index (χ2n) is 5.48. The molecule has 0 aromatic heterocycles. The number of benzene rings is 1. The molecule has 20 heavy (non-hydrogen) atoms. The van der Waals surface area contributed by atoms with E-state index in [0.29, 0.717) is 13.0 Å². The fourth-order valence-electron chi connectivity index (χ4n) is 3.08. The standard InChI is InChI=1S/C15H18N2O2.ClH/c18-13-10-15(6-8-16-9-7-15)14(19)17(13)11-12-4-2-1-3-5-12;/h1-5,16H,6-11H2;1H. The number of halogens is 1. The van der Waals surface area contributed by atoms with Crippen molar-refractivity contribution >= 4 is 24.2 Å². The van der Waals surface area contributed by atoms with Gasteiger partial charge in [0, 0.05) is 6.42 Å². The monoisotopic (exact) mass is 294 g/mol. The predicted octanol–water partition coefficient (Wildman–Crippen LogP) is 1.74. The molecule has 0 saturated carbocycles. The molecule has 0 unspecified atom stereocenters. The van der Waals surface area contributed by atoms with Gasteiger partial charge in [-0.15, -0.1) is 12.4 Å². The Balaban J connectivity index is 0.00000147. The molecule has 2 fully saturated rings. The van der Waals surface area contributed by atoms with Crippen LogP contribution in [0.4, 0.5) is 0 Å². The molecule has 5 heteroatoms. The van der Waals surface area contributed by atoms with E-state index in [0.717, 1.165) is 31.5 Å². The summed E-state index contributed by atoms with van der Waals surface area (Å²) in [4.78, 5) is 26.2. The second kappa shape index (κ2) is 5.94. The van der Waals surface area contributed by atoms with Crippen LogP contribution in [-0.2, 0) is 16.1 Å². The number of carbonyl (C=O) groups is 2. The first-order valence-corrected chi connectivity index (χ1v) is 6.81. The van der Waals surface area contributed by atoms with Gasteiger partial charge in [0.2, 0.25) is 11.8 Å². The van der Waals surface area contributed by atoms with Gasteiger partial charge in [0.05, 0.1) is 12.0 Å². The zero-order chi connectivity index (χ0) is 13.3. The second-order valence-corrected chi connectivity index (χ2v) is 5.48. The van der Waals surface area contributed by atoms with Gasteiger partial charge in [-0.1, -0.05) is 30.3 Å². The van der Waals surface area contributed by atoms with Gasteiger partial charge >= 0.3 is 0 Å². The van der Waals surface area contributed by atoms with Gasteiger partial charge < -0.3 is 5.32 Å². The zero-order valence-electron chi connectivity index (χ0n) is 11.3. The lowest BCUT2D eigenvalue weighted by atomic mass is 9.77. The molecule has 0 radical (unpaired) electrons. The Kier molecular flexibility index (Phi) is 4.45. The van der Waals surface area contributed by atoms with Crippen molar-refractivity contribution < 1.29 is 9.59 Å². The number of carbonyl (C=O) groups excluding carboxylic acids is 2. The number of nitrogens with one attached hydrogen (secondary N) is 1. The largest absolute Gasteiger partial charge is 0.317 e. The van der Waals surface area contributed by atoms with Crippen LogP contribution in [0.3, 0.4) is 0 Å². The van der Waals surface area contributed by atoms with E-state index in [1.165, 1.54) is 4.90 Å². The minimum absolute atomic E-state index is 0. The van der Waals surface area contributed by atoms with Crippen molar-refractivity contribution in [3.05, 3.63) is 35.9 Å². The first kappa shape index (κ1) is 15.0. The summed E-state index contributed by atoms with van der Waals surface area (Å²) in [6.45, 7) is 2.07. The Morgan fingerprint density at radius 3 is 2.40 bits per heavy atom. The molecule has 2 aliphatic heterocycles. The predicted molar refractivity (Wildman–Crippen MR) is 78.4 cm³/mol. The van der Waals surface area contributed by atoms with Crippen molar-refractivity contribution in [1.29, 1.82) is 0 Å². The normalized spacial score (nSPS) is 21.1. The van der Waals surface area contributed by atoms with E-state index in [1.54, 1.807) is 0 Å². The molecule has 2 saturated heterocycles. The Morgan fingerprint density at radius 1 is 1.10 bits per heavy atom. The third kappa shape index (κ3) is 2.58. The fourth-order valence-corrected chi connectivity index (χ4v) is 3.08. The van der Waals surface area contributed by atoms with Gasteiger partial charge in [-0.2, -0.15) is 0 Å². The lowest BCUT2D eigenvalue weighted by Crippen LogP contribution is -2.42. The van der Waals surface area contributed by atoms with E-state index in [9.17, 15) is 9.59 Å². The Hall–Kier alpha value is -1.39. The summed E-state index contributed by atoms with van der Waals surface area (Å²) in [5, 5.41) is 3.25. The molecule has 3 rings (SSSR count). The molecule has 4 nitrogen and oxygen atoms in total. The topological polar surface area (TPSA) is 49.4 Å². The fraction of sp³-hybridized carbons (Fsp3) is 0.467. The summed E-state index contributed by atoms with van der Waals surface area (Å²) in [5.74, 6) is 0.0126. The number of piperidine rings is 1. The molecule has 1 N–H and O–H groups in total. The van der Waals surface area contributed by atoms with Crippen LogP contribution < -0.4 is 5.32 Å². The highest BCUT2D eigenvalue weighted by Crippen LogP contribution is 2.41. The maximum atomic E-state index is 12.6. The van der Waals surface area contributed by atoms with Crippen molar-refractivity contribution in [2.45, 2.75) is 25.8 Å². The van der Waals surface area contributed by atoms with Crippen LogP contribution >= 0.6 is 12.4 Å². The molecule has 2 aliphatic rings. The van der Waals surface area contributed by atoms with E-state index in [2.05, 4.69) is 5.32 Å². The van der Waals surface area contributed by atoms with Gasteiger partial charge in [0.25, 0.3) is 0 Å². The van der Waals surface area contributed by atoms with Crippen LogP contribution in [-0.4, -0.2) is 29.8 Å². The number of amides is 2. The highest BCUT2D eigenvalue weighted by molar-refractivity contribution is 6.05. The SMILES string of the molecule is Cl.O=C1CC2(CCNCC2)C(=O)N1Cc1ccccc1. The van der Waals surface area contributed by atoms with Crippen molar-refractivity contribution in [2.75, 3.05) is 13.1 Å². The number of hydrogen-bond acceptors (Lipinski definition) is 3. The molecule has 1 aromatic rings. The molecule has 2 amide bonds. The summed E-state index contributed by atoms with van der Waals surface area (Å²) in [5.41, 5.74) is 0.590. The summed E-state index contributed by atoms with van der Waals surface area (Å²) in [6.07, 6.45) is 1.95. The minimum Gasteiger partial charge on any atom is -0.317 e. The van der Waals surface area contributed by atoms with Crippen LogP contribution in [0, 0.1) is 5.41 Å². The molecule has 1 spiro atoms.